The van der Waals surface area contributed by atoms with Crippen LogP contribution in [0.3, 0.4) is 0 Å². The Balaban J connectivity index is 2.05. The van der Waals surface area contributed by atoms with Crippen LogP contribution in [0.5, 0.6) is 0 Å². The van der Waals surface area contributed by atoms with Gasteiger partial charge in [0.25, 0.3) is 0 Å². The predicted molar refractivity (Wildman–Crippen MR) is 80.6 cm³/mol. The second-order valence-corrected chi connectivity index (χ2v) is 5.73. The van der Waals surface area contributed by atoms with Crippen LogP contribution in [0.4, 0.5) is 5.69 Å². The van der Waals surface area contributed by atoms with Gasteiger partial charge in [-0.2, -0.15) is 0 Å². The summed E-state index contributed by atoms with van der Waals surface area (Å²) in [5, 5.41) is 0. The molecule has 1 aromatic rings. The standard InChI is InChI=1S/C14H19BrClNO/c1-2-18-13-5-7-17(8-6-13)14-4-3-12(15)9-11(14)10-16/h3-4,9,13H,2,5-8,10H2,1H3. The van der Waals surface area contributed by atoms with Crippen molar-refractivity contribution in [1.29, 1.82) is 0 Å². The number of rotatable bonds is 4. The van der Waals surface area contributed by atoms with Crippen LogP contribution >= 0.6 is 27.5 Å². The van der Waals surface area contributed by atoms with Crippen molar-refractivity contribution >= 4 is 33.2 Å². The van der Waals surface area contributed by atoms with E-state index in [0.717, 1.165) is 37.0 Å². The van der Waals surface area contributed by atoms with Gasteiger partial charge >= 0.3 is 0 Å². The Morgan fingerprint density at radius 3 is 2.72 bits per heavy atom. The number of hydrogen-bond donors (Lipinski definition) is 0. The third-order valence-electron chi connectivity index (χ3n) is 3.37. The van der Waals surface area contributed by atoms with Crippen molar-refractivity contribution in [3.63, 3.8) is 0 Å². The van der Waals surface area contributed by atoms with Crippen molar-refractivity contribution in [3.8, 4) is 0 Å². The molecule has 0 N–H and O–H groups in total. The van der Waals surface area contributed by atoms with Gasteiger partial charge in [0.15, 0.2) is 0 Å². The first-order chi connectivity index (χ1) is 8.74. The third-order valence-corrected chi connectivity index (χ3v) is 4.15. The van der Waals surface area contributed by atoms with E-state index in [0.29, 0.717) is 12.0 Å². The summed E-state index contributed by atoms with van der Waals surface area (Å²) in [6.45, 7) is 4.98. The molecule has 1 fully saturated rings. The van der Waals surface area contributed by atoms with Gasteiger partial charge in [0.2, 0.25) is 0 Å². The van der Waals surface area contributed by atoms with Crippen LogP contribution in [0.1, 0.15) is 25.3 Å². The lowest BCUT2D eigenvalue weighted by molar-refractivity contribution is 0.0459. The van der Waals surface area contributed by atoms with Gasteiger partial charge in [0.05, 0.1) is 6.10 Å². The zero-order valence-corrected chi connectivity index (χ0v) is 13.0. The number of alkyl halides is 1. The first kappa shape index (κ1) is 14.2. The van der Waals surface area contributed by atoms with Gasteiger partial charge in [0.1, 0.15) is 0 Å². The van der Waals surface area contributed by atoms with E-state index >= 15 is 0 Å². The summed E-state index contributed by atoms with van der Waals surface area (Å²) in [4.78, 5) is 2.42. The van der Waals surface area contributed by atoms with Crippen molar-refractivity contribution in [2.75, 3.05) is 24.6 Å². The molecule has 0 radical (unpaired) electrons. The van der Waals surface area contributed by atoms with Gasteiger partial charge in [-0.25, -0.2) is 0 Å². The summed E-state index contributed by atoms with van der Waals surface area (Å²) in [7, 11) is 0. The van der Waals surface area contributed by atoms with E-state index in [-0.39, 0.29) is 0 Å². The molecule has 0 spiro atoms. The Labute approximate surface area is 122 Å². The SMILES string of the molecule is CCOC1CCN(c2ccc(Br)cc2CCl)CC1. The summed E-state index contributed by atoms with van der Waals surface area (Å²) < 4.78 is 6.77. The quantitative estimate of drug-likeness (QED) is 0.766. The molecule has 0 saturated carbocycles. The maximum atomic E-state index is 6.03. The second-order valence-electron chi connectivity index (χ2n) is 4.55. The average molecular weight is 333 g/mol. The maximum Gasteiger partial charge on any atom is 0.0608 e. The molecule has 100 valence electrons. The zero-order chi connectivity index (χ0) is 13.0. The lowest BCUT2D eigenvalue weighted by atomic mass is 10.1. The predicted octanol–water partition coefficient (Wildman–Crippen LogP) is 4.19. The Kier molecular flexibility index (Phi) is 5.34. The summed E-state index contributed by atoms with van der Waals surface area (Å²) in [5.41, 5.74) is 2.46. The molecule has 4 heteroatoms. The van der Waals surface area contributed by atoms with Crippen LogP contribution in [0.2, 0.25) is 0 Å². The molecule has 1 heterocycles. The molecule has 18 heavy (non-hydrogen) atoms. The molecule has 0 amide bonds. The largest absolute Gasteiger partial charge is 0.378 e. The number of ether oxygens (including phenoxy) is 1. The summed E-state index contributed by atoms with van der Waals surface area (Å²) in [5.74, 6) is 0.556. The molecule has 0 bridgehead atoms. The second kappa shape index (κ2) is 6.78. The van der Waals surface area contributed by atoms with E-state index in [2.05, 4.69) is 46.0 Å². The van der Waals surface area contributed by atoms with E-state index in [4.69, 9.17) is 16.3 Å². The van der Waals surface area contributed by atoms with E-state index in [1.807, 2.05) is 0 Å². The molecule has 0 aliphatic carbocycles. The highest BCUT2D eigenvalue weighted by Gasteiger charge is 2.20. The minimum atomic E-state index is 0.432. The highest BCUT2D eigenvalue weighted by Crippen LogP contribution is 2.28. The van der Waals surface area contributed by atoms with Crippen LogP contribution in [0.15, 0.2) is 22.7 Å². The zero-order valence-electron chi connectivity index (χ0n) is 10.7. The summed E-state index contributed by atoms with van der Waals surface area (Å²) in [6.07, 6.45) is 2.64. The lowest BCUT2D eigenvalue weighted by Gasteiger charge is -2.34. The van der Waals surface area contributed by atoms with E-state index in [1.165, 1.54) is 11.3 Å². The number of anilines is 1. The molecular weight excluding hydrogens is 314 g/mol. The topological polar surface area (TPSA) is 12.5 Å². The molecule has 2 nitrogen and oxygen atoms in total. The maximum absolute atomic E-state index is 6.03. The normalized spacial score (nSPS) is 17.2. The Morgan fingerprint density at radius 1 is 1.39 bits per heavy atom. The van der Waals surface area contributed by atoms with Crippen LogP contribution in [-0.4, -0.2) is 25.8 Å². The van der Waals surface area contributed by atoms with Crippen molar-refractivity contribution in [2.45, 2.75) is 31.7 Å². The lowest BCUT2D eigenvalue weighted by Crippen LogP contribution is -2.37. The molecule has 2 rings (SSSR count). The number of nitrogens with zero attached hydrogens (tertiary/aromatic N) is 1. The van der Waals surface area contributed by atoms with Gasteiger partial charge in [-0.1, -0.05) is 15.9 Å². The van der Waals surface area contributed by atoms with Crippen molar-refractivity contribution < 1.29 is 4.74 Å². The van der Waals surface area contributed by atoms with Crippen LogP contribution in [0, 0.1) is 0 Å². The molecule has 0 atom stereocenters. The Hall–Kier alpha value is -0.250. The smallest absolute Gasteiger partial charge is 0.0608 e. The highest BCUT2D eigenvalue weighted by molar-refractivity contribution is 9.10. The molecule has 1 aliphatic heterocycles. The fraction of sp³-hybridized carbons (Fsp3) is 0.571. The van der Waals surface area contributed by atoms with Crippen molar-refractivity contribution in [3.05, 3.63) is 28.2 Å². The number of halogens is 2. The van der Waals surface area contributed by atoms with Gasteiger partial charge in [-0.3, -0.25) is 0 Å². The van der Waals surface area contributed by atoms with Gasteiger partial charge in [-0.05, 0) is 43.5 Å². The molecule has 0 unspecified atom stereocenters. The molecular formula is C14H19BrClNO. The van der Waals surface area contributed by atoms with Crippen LogP contribution < -0.4 is 4.90 Å². The first-order valence-corrected chi connectivity index (χ1v) is 7.78. The van der Waals surface area contributed by atoms with Crippen LogP contribution in [-0.2, 0) is 10.6 Å². The summed E-state index contributed by atoms with van der Waals surface area (Å²) >= 11 is 9.52. The van der Waals surface area contributed by atoms with E-state index < -0.39 is 0 Å². The molecule has 1 aliphatic rings. The number of hydrogen-bond acceptors (Lipinski definition) is 2. The van der Waals surface area contributed by atoms with Crippen molar-refractivity contribution in [2.24, 2.45) is 0 Å². The minimum Gasteiger partial charge on any atom is -0.378 e. The Morgan fingerprint density at radius 2 is 2.11 bits per heavy atom. The molecule has 1 saturated heterocycles. The third kappa shape index (κ3) is 3.40. The number of piperidine rings is 1. The average Bonchev–Trinajstić information content (AvgIpc) is 2.40. The molecule has 1 aromatic carbocycles. The first-order valence-electron chi connectivity index (χ1n) is 6.45. The molecule has 0 aromatic heterocycles. The van der Waals surface area contributed by atoms with Crippen molar-refractivity contribution in [1.82, 2.24) is 0 Å². The van der Waals surface area contributed by atoms with Gasteiger partial charge < -0.3 is 9.64 Å². The monoisotopic (exact) mass is 331 g/mol. The Bertz CT molecular complexity index is 391. The minimum absolute atomic E-state index is 0.432. The van der Waals surface area contributed by atoms with E-state index in [1.54, 1.807) is 0 Å². The van der Waals surface area contributed by atoms with Crippen LogP contribution in [0.25, 0.3) is 0 Å². The van der Waals surface area contributed by atoms with E-state index in [9.17, 15) is 0 Å². The highest BCUT2D eigenvalue weighted by atomic mass is 79.9. The van der Waals surface area contributed by atoms with Gasteiger partial charge in [0, 0.05) is 35.7 Å². The fourth-order valence-corrected chi connectivity index (χ4v) is 3.09. The fourth-order valence-electron chi connectivity index (χ4n) is 2.47. The number of benzene rings is 1. The summed E-state index contributed by atoms with van der Waals surface area (Å²) in [6, 6.07) is 6.35. The van der Waals surface area contributed by atoms with Gasteiger partial charge in [-0.15, -0.1) is 11.6 Å².